The molecule has 0 radical (unpaired) electrons. The Hall–Kier alpha value is -3.20. The van der Waals surface area contributed by atoms with Gasteiger partial charge in [0.25, 0.3) is 5.91 Å². The number of rotatable bonds is 3. The summed E-state index contributed by atoms with van der Waals surface area (Å²) in [6.07, 6.45) is 7.48. The van der Waals surface area contributed by atoms with E-state index in [1.54, 1.807) is 24.8 Å². The second kappa shape index (κ2) is 6.70. The van der Waals surface area contributed by atoms with Crippen LogP contribution in [-0.2, 0) is 0 Å². The number of likely N-dealkylation sites (tertiary alicyclic amines) is 2. The molecule has 9 heteroatoms. The van der Waals surface area contributed by atoms with Gasteiger partial charge in [0.15, 0.2) is 0 Å². The summed E-state index contributed by atoms with van der Waals surface area (Å²) in [5.74, 6) is 1.09. The number of hydrogen-bond donors (Lipinski definition) is 0. The first-order valence-electron chi connectivity index (χ1n) is 9.55. The minimum Gasteiger partial charge on any atom is -0.337 e. The molecule has 2 saturated heterocycles. The fourth-order valence-electron chi connectivity index (χ4n) is 4.33. The van der Waals surface area contributed by atoms with Crippen LogP contribution in [0.15, 0.2) is 41.4 Å². The number of aromatic nitrogens is 5. The summed E-state index contributed by atoms with van der Waals surface area (Å²) in [6, 6.07) is 3.80. The maximum atomic E-state index is 12.6. The molecule has 29 heavy (non-hydrogen) atoms. The first-order valence-corrected chi connectivity index (χ1v) is 9.55. The van der Waals surface area contributed by atoms with E-state index >= 15 is 0 Å². The van der Waals surface area contributed by atoms with Crippen LogP contribution in [0.25, 0.3) is 11.4 Å². The number of carbonyl (C=O) groups is 1. The van der Waals surface area contributed by atoms with Gasteiger partial charge in [0.05, 0.1) is 17.9 Å². The van der Waals surface area contributed by atoms with Crippen LogP contribution >= 0.6 is 0 Å². The van der Waals surface area contributed by atoms with Gasteiger partial charge in [-0.05, 0) is 32.5 Å². The Morgan fingerprint density at radius 2 is 2.07 bits per heavy atom. The van der Waals surface area contributed by atoms with Crippen molar-refractivity contribution < 1.29 is 9.32 Å². The highest BCUT2D eigenvalue weighted by Gasteiger charge is 2.53. The summed E-state index contributed by atoms with van der Waals surface area (Å²) in [7, 11) is 2.06. The first-order chi connectivity index (χ1) is 14.0. The largest absolute Gasteiger partial charge is 0.337 e. The lowest BCUT2D eigenvalue weighted by Crippen LogP contribution is -2.59. The van der Waals surface area contributed by atoms with Gasteiger partial charge in [0, 0.05) is 49.2 Å². The Balaban J connectivity index is 1.27. The van der Waals surface area contributed by atoms with Gasteiger partial charge in [-0.25, -0.2) is 4.98 Å². The summed E-state index contributed by atoms with van der Waals surface area (Å²) in [5.41, 5.74) is 2.08. The Kier molecular flexibility index (Phi) is 4.13. The van der Waals surface area contributed by atoms with Gasteiger partial charge in [-0.1, -0.05) is 5.16 Å². The molecular weight excluding hydrogens is 370 g/mol. The minimum absolute atomic E-state index is 0.0457. The summed E-state index contributed by atoms with van der Waals surface area (Å²) in [4.78, 5) is 33.8. The second-order valence-electron chi connectivity index (χ2n) is 8.04. The number of hydrogen-bond acceptors (Lipinski definition) is 8. The van der Waals surface area contributed by atoms with Crippen LogP contribution in [-0.4, -0.2) is 67.5 Å². The van der Waals surface area contributed by atoms with E-state index in [0.29, 0.717) is 30.5 Å². The van der Waals surface area contributed by atoms with E-state index in [9.17, 15) is 4.79 Å². The Morgan fingerprint density at radius 1 is 1.21 bits per heavy atom. The van der Waals surface area contributed by atoms with Crippen LogP contribution in [0, 0.1) is 12.3 Å². The number of amides is 1. The molecule has 1 unspecified atom stereocenters. The van der Waals surface area contributed by atoms with Gasteiger partial charge < -0.3 is 9.42 Å². The van der Waals surface area contributed by atoms with Gasteiger partial charge in [-0.15, -0.1) is 0 Å². The first kappa shape index (κ1) is 17.9. The maximum absolute atomic E-state index is 12.6. The number of pyridine rings is 1. The molecule has 2 aliphatic rings. The average Bonchev–Trinajstić information content (AvgIpc) is 3.32. The zero-order chi connectivity index (χ0) is 20.0. The predicted octanol–water partition coefficient (Wildman–Crippen LogP) is 1.75. The fraction of sp³-hybridized carbons (Fsp3) is 0.400. The third kappa shape index (κ3) is 3.17. The highest BCUT2D eigenvalue weighted by atomic mass is 16.5. The predicted molar refractivity (Wildman–Crippen MR) is 103 cm³/mol. The van der Waals surface area contributed by atoms with Crippen molar-refractivity contribution in [3.63, 3.8) is 0 Å². The molecule has 1 atom stereocenters. The lowest BCUT2D eigenvalue weighted by atomic mass is 9.77. The normalized spacial score (nSPS) is 20.8. The van der Waals surface area contributed by atoms with E-state index in [-0.39, 0.29) is 17.4 Å². The van der Waals surface area contributed by atoms with E-state index in [4.69, 9.17) is 4.52 Å². The van der Waals surface area contributed by atoms with E-state index < -0.39 is 0 Å². The average molecular weight is 391 g/mol. The van der Waals surface area contributed by atoms with E-state index in [1.165, 1.54) is 0 Å². The molecule has 148 valence electrons. The van der Waals surface area contributed by atoms with Crippen molar-refractivity contribution in [2.45, 2.75) is 19.4 Å². The molecule has 0 N–H and O–H groups in total. The molecule has 0 aliphatic carbocycles. The molecule has 5 rings (SSSR count). The van der Waals surface area contributed by atoms with Crippen molar-refractivity contribution >= 4 is 5.91 Å². The third-order valence-corrected chi connectivity index (χ3v) is 5.73. The molecular formula is C20H21N7O2. The summed E-state index contributed by atoms with van der Waals surface area (Å²) >= 11 is 0. The lowest BCUT2D eigenvalue weighted by molar-refractivity contribution is 0.0109. The molecule has 5 heterocycles. The van der Waals surface area contributed by atoms with Crippen LogP contribution in [0.3, 0.4) is 0 Å². The van der Waals surface area contributed by atoms with Crippen LogP contribution < -0.4 is 0 Å². The second-order valence-corrected chi connectivity index (χ2v) is 8.04. The van der Waals surface area contributed by atoms with Crippen molar-refractivity contribution in [2.75, 3.05) is 26.7 Å². The van der Waals surface area contributed by atoms with Crippen LogP contribution in [0.2, 0.25) is 0 Å². The van der Waals surface area contributed by atoms with Crippen molar-refractivity contribution in [2.24, 2.45) is 5.41 Å². The molecule has 3 aromatic heterocycles. The maximum Gasteiger partial charge on any atom is 0.274 e. The summed E-state index contributed by atoms with van der Waals surface area (Å²) in [5, 5.41) is 4.11. The molecule has 9 nitrogen and oxygen atoms in total. The zero-order valence-corrected chi connectivity index (χ0v) is 16.3. The molecule has 2 fully saturated rings. The quantitative estimate of drug-likeness (QED) is 0.666. The molecule has 0 saturated carbocycles. The monoisotopic (exact) mass is 391 g/mol. The lowest BCUT2D eigenvalue weighted by Gasteiger charge is -2.47. The van der Waals surface area contributed by atoms with Crippen molar-refractivity contribution in [1.82, 2.24) is 34.9 Å². The zero-order valence-electron chi connectivity index (χ0n) is 16.3. The molecule has 1 spiro atoms. The molecule has 2 aliphatic heterocycles. The topological polar surface area (TPSA) is 101 Å². The van der Waals surface area contributed by atoms with E-state index in [2.05, 4.69) is 37.0 Å². The Morgan fingerprint density at radius 3 is 2.79 bits per heavy atom. The van der Waals surface area contributed by atoms with Crippen LogP contribution in [0.1, 0.15) is 34.5 Å². The standard InChI is InChI=1S/C20H21N7O2/c1-13-7-23-15(9-22-13)19(28)27-11-20(12-27)6-16(26(2)10-20)18-24-17(25-29-18)14-4-3-5-21-8-14/h3-5,7-9,16H,6,10-12H2,1-2H3. The number of aryl methyl sites for hydroxylation is 1. The minimum atomic E-state index is -0.0640. The van der Waals surface area contributed by atoms with Crippen molar-refractivity contribution in [3.8, 4) is 11.4 Å². The van der Waals surface area contributed by atoms with Gasteiger partial charge in [-0.2, -0.15) is 4.98 Å². The fourth-order valence-corrected chi connectivity index (χ4v) is 4.33. The molecule has 1 amide bonds. The third-order valence-electron chi connectivity index (χ3n) is 5.73. The van der Waals surface area contributed by atoms with Crippen LogP contribution in [0.5, 0.6) is 0 Å². The highest BCUT2D eigenvalue weighted by Crippen LogP contribution is 2.47. The van der Waals surface area contributed by atoms with Gasteiger partial charge >= 0.3 is 0 Å². The van der Waals surface area contributed by atoms with Gasteiger partial charge in [-0.3, -0.25) is 19.7 Å². The Bertz CT molecular complexity index is 1030. The van der Waals surface area contributed by atoms with Crippen LogP contribution in [0.4, 0.5) is 0 Å². The number of nitrogens with zero attached hydrogens (tertiary/aromatic N) is 7. The Labute approximate surface area is 167 Å². The smallest absolute Gasteiger partial charge is 0.274 e. The summed E-state index contributed by atoms with van der Waals surface area (Å²) in [6.45, 7) is 4.13. The van der Waals surface area contributed by atoms with Gasteiger partial charge in [0.1, 0.15) is 5.69 Å². The SMILES string of the molecule is Cc1cnc(C(=O)N2CC3(CC(c4nc(-c5cccnc5)no4)N(C)C3)C2)cn1. The van der Waals surface area contributed by atoms with Crippen molar-refractivity contribution in [3.05, 3.63) is 54.2 Å². The summed E-state index contributed by atoms with van der Waals surface area (Å²) < 4.78 is 5.56. The van der Waals surface area contributed by atoms with E-state index in [1.807, 2.05) is 24.0 Å². The number of carbonyl (C=O) groups excluding carboxylic acids is 1. The molecule has 3 aromatic rings. The van der Waals surface area contributed by atoms with Gasteiger partial charge in [0.2, 0.25) is 11.7 Å². The highest BCUT2D eigenvalue weighted by molar-refractivity contribution is 5.92. The molecule has 0 aromatic carbocycles. The van der Waals surface area contributed by atoms with Crippen molar-refractivity contribution in [1.29, 1.82) is 0 Å². The van der Waals surface area contributed by atoms with E-state index in [0.717, 1.165) is 24.2 Å². The molecule has 0 bridgehead atoms.